The van der Waals surface area contributed by atoms with Crippen LogP contribution in [-0.4, -0.2) is 16.2 Å². The van der Waals surface area contributed by atoms with Gasteiger partial charge in [-0.2, -0.15) is 4.98 Å². The number of allylic oxidation sites excluding steroid dienone is 1. The number of rotatable bonds is 5. The Morgan fingerprint density at radius 1 is 1.03 bits per heavy atom. The number of carbonyl (C=O) groups excluding carboxylic acids is 1. The molecule has 5 rings (SSSR count). The molecule has 0 saturated heterocycles. The summed E-state index contributed by atoms with van der Waals surface area (Å²) in [7, 11) is 0. The Kier molecular flexibility index (Phi) is 5.90. The molecular weight excluding hydrogens is 448 g/mol. The van der Waals surface area contributed by atoms with Crippen molar-refractivity contribution in [3.63, 3.8) is 0 Å². The first-order valence-corrected chi connectivity index (χ1v) is 11.5. The molecule has 7 heteroatoms. The lowest BCUT2D eigenvalue weighted by Gasteiger charge is -2.35. The van der Waals surface area contributed by atoms with Crippen molar-refractivity contribution in [1.29, 1.82) is 0 Å². The van der Waals surface area contributed by atoms with Gasteiger partial charge in [0.25, 0.3) is 5.89 Å². The second-order valence-electron chi connectivity index (χ2n) is 8.08. The van der Waals surface area contributed by atoms with E-state index in [0.717, 1.165) is 34.4 Å². The smallest absolute Gasteiger partial charge is 0.326 e. The van der Waals surface area contributed by atoms with Crippen molar-refractivity contribution in [3.8, 4) is 11.4 Å². The Hall–Kier alpha value is -3.90. The Bertz CT molecular complexity index is 1380. The van der Waals surface area contributed by atoms with Gasteiger partial charge in [0, 0.05) is 16.3 Å². The van der Waals surface area contributed by atoms with Gasteiger partial charge in [0.1, 0.15) is 0 Å². The van der Waals surface area contributed by atoms with Crippen LogP contribution in [0.3, 0.4) is 0 Å². The fourth-order valence-corrected chi connectivity index (χ4v) is 4.42. The molecule has 0 saturated carbocycles. The molecule has 0 spiro atoms. The zero-order valence-corrected chi connectivity index (χ0v) is 19.6. The first-order chi connectivity index (χ1) is 16.5. The molecule has 1 unspecified atom stereocenters. The van der Waals surface area contributed by atoms with Crippen LogP contribution in [0.25, 0.3) is 17.0 Å². The highest BCUT2D eigenvalue weighted by molar-refractivity contribution is 6.30. The minimum atomic E-state index is -0.499. The van der Waals surface area contributed by atoms with Crippen LogP contribution in [0, 0.1) is 0 Å². The molecule has 3 aromatic carbocycles. The van der Waals surface area contributed by atoms with Crippen LogP contribution in [-0.2, 0) is 6.42 Å². The van der Waals surface area contributed by atoms with Crippen LogP contribution in [0.4, 0.5) is 10.5 Å². The van der Waals surface area contributed by atoms with Gasteiger partial charge >= 0.3 is 6.03 Å². The molecule has 0 bridgehead atoms. The van der Waals surface area contributed by atoms with E-state index < -0.39 is 6.04 Å². The molecule has 1 aliphatic rings. The molecule has 34 heavy (non-hydrogen) atoms. The van der Waals surface area contributed by atoms with Crippen LogP contribution >= 0.6 is 11.6 Å². The number of carbonyl (C=O) groups is 1. The van der Waals surface area contributed by atoms with Crippen molar-refractivity contribution in [2.24, 2.45) is 0 Å². The number of aromatic nitrogens is 2. The number of amides is 2. The molecule has 6 nitrogen and oxygen atoms in total. The molecule has 170 valence electrons. The van der Waals surface area contributed by atoms with Crippen LogP contribution in [0.1, 0.15) is 36.9 Å². The van der Waals surface area contributed by atoms with Gasteiger partial charge in [0.05, 0.1) is 17.3 Å². The zero-order chi connectivity index (χ0) is 23.7. The van der Waals surface area contributed by atoms with Gasteiger partial charge in [-0.1, -0.05) is 78.3 Å². The second-order valence-corrected chi connectivity index (χ2v) is 8.52. The third kappa shape index (κ3) is 4.08. The molecule has 1 aliphatic heterocycles. The highest BCUT2D eigenvalue weighted by Gasteiger charge is 2.36. The summed E-state index contributed by atoms with van der Waals surface area (Å²) in [6.45, 7) is 3.98. The maximum absolute atomic E-state index is 13.4. The SMILES string of the molecule is CCc1cccc(N2C(=O)NC(c3cccc(Cl)c3)C(c3nc(-c4ccccc4)no3)=C2C)c1. The number of benzene rings is 3. The van der Waals surface area contributed by atoms with E-state index >= 15 is 0 Å². The van der Waals surface area contributed by atoms with Gasteiger partial charge in [0.15, 0.2) is 0 Å². The topological polar surface area (TPSA) is 71.3 Å². The van der Waals surface area contributed by atoms with Crippen LogP contribution in [0.15, 0.2) is 89.1 Å². The minimum absolute atomic E-state index is 0.234. The van der Waals surface area contributed by atoms with Crippen LogP contribution in [0.5, 0.6) is 0 Å². The fourth-order valence-electron chi connectivity index (χ4n) is 4.22. The van der Waals surface area contributed by atoms with E-state index in [1.54, 1.807) is 11.0 Å². The lowest BCUT2D eigenvalue weighted by molar-refractivity contribution is 0.244. The third-order valence-electron chi connectivity index (χ3n) is 5.93. The zero-order valence-electron chi connectivity index (χ0n) is 18.8. The number of nitrogens with one attached hydrogen (secondary N) is 1. The van der Waals surface area contributed by atoms with Gasteiger partial charge in [-0.25, -0.2) is 4.79 Å². The maximum atomic E-state index is 13.4. The van der Waals surface area contributed by atoms with Crippen LogP contribution < -0.4 is 10.2 Å². The minimum Gasteiger partial charge on any atom is -0.334 e. The van der Waals surface area contributed by atoms with Gasteiger partial charge in [-0.3, -0.25) is 4.90 Å². The van der Waals surface area contributed by atoms with Gasteiger partial charge in [0.2, 0.25) is 5.82 Å². The quantitative estimate of drug-likeness (QED) is 0.354. The van der Waals surface area contributed by atoms with E-state index in [-0.39, 0.29) is 6.03 Å². The summed E-state index contributed by atoms with van der Waals surface area (Å²) < 4.78 is 5.75. The number of nitrogens with zero attached hydrogens (tertiary/aromatic N) is 3. The average molecular weight is 471 g/mol. The lowest BCUT2D eigenvalue weighted by atomic mass is 9.94. The summed E-state index contributed by atoms with van der Waals surface area (Å²) in [6, 6.07) is 24.3. The Balaban J connectivity index is 1.67. The third-order valence-corrected chi connectivity index (χ3v) is 6.17. The summed E-state index contributed by atoms with van der Waals surface area (Å²) in [5.74, 6) is 0.829. The van der Waals surface area contributed by atoms with Crippen molar-refractivity contribution in [3.05, 3.63) is 107 Å². The largest absolute Gasteiger partial charge is 0.334 e. The van der Waals surface area contributed by atoms with E-state index in [1.165, 1.54) is 0 Å². The summed E-state index contributed by atoms with van der Waals surface area (Å²) in [5.41, 5.74) is 5.03. The number of urea groups is 1. The Morgan fingerprint density at radius 3 is 2.59 bits per heavy atom. The molecule has 1 atom stereocenters. The molecule has 0 radical (unpaired) electrons. The summed E-state index contributed by atoms with van der Waals surface area (Å²) in [5, 5.41) is 7.91. The average Bonchev–Trinajstić information content (AvgIpc) is 3.34. The number of hydrogen-bond donors (Lipinski definition) is 1. The van der Waals surface area contributed by atoms with Gasteiger partial charge in [-0.05, 0) is 48.7 Å². The number of hydrogen-bond acceptors (Lipinski definition) is 4. The van der Waals surface area contributed by atoms with E-state index in [0.29, 0.717) is 22.4 Å². The Labute approximate surface area is 202 Å². The molecule has 1 N–H and O–H groups in total. The molecule has 2 amide bonds. The van der Waals surface area contributed by atoms with E-state index in [2.05, 4.69) is 17.4 Å². The molecule has 2 heterocycles. The number of halogens is 1. The first-order valence-electron chi connectivity index (χ1n) is 11.1. The van der Waals surface area contributed by atoms with E-state index in [9.17, 15) is 4.79 Å². The standard InChI is InChI=1S/C27H23ClN4O2/c1-3-18-9-7-14-22(15-18)32-17(2)23(24(29-27(32)33)20-12-8-13-21(28)16-20)26-30-25(31-34-26)19-10-5-4-6-11-19/h4-16,24H,3H2,1-2H3,(H,29,33). The Morgan fingerprint density at radius 2 is 1.82 bits per heavy atom. The lowest BCUT2D eigenvalue weighted by Crippen LogP contribution is -2.46. The predicted octanol–water partition coefficient (Wildman–Crippen LogP) is 6.65. The second kappa shape index (κ2) is 9.15. The van der Waals surface area contributed by atoms with E-state index in [4.69, 9.17) is 21.1 Å². The van der Waals surface area contributed by atoms with Crippen molar-refractivity contribution >= 4 is 28.9 Å². The maximum Gasteiger partial charge on any atom is 0.326 e. The summed E-state index contributed by atoms with van der Waals surface area (Å²) in [6.07, 6.45) is 0.869. The van der Waals surface area contributed by atoms with Gasteiger partial charge in [-0.15, -0.1) is 0 Å². The highest BCUT2D eigenvalue weighted by atomic mass is 35.5. The van der Waals surface area contributed by atoms with Crippen molar-refractivity contribution in [1.82, 2.24) is 15.5 Å². The van der Waals surface area contributed by atoms with Crippen molar-refractivity contribution in [2.45, 2.75) is 26.3 Å². The molecule has 0 aliphatic carbocycles. The molecule has 1 aromatic heterocycles. The van der Waals surface area contributed by atoms with Gasteiger partial charge < -0.3 is 9.84 Å². The normalized spacial score (nSPS) is 16.0. The first kappa shape index (κ1) is 21.9. The monoisotopic (exact) mass is 470 g/mol. The summed E-state index contributed by atoms with van der Waals surface area (Å²) in [4.78, 5) is 19.7. The molecule has 4 aromatic rings. The highest BCUT2D eigenvalue weighted by Crippen LogP contribution is 2.39. The molecule has 0 fully saturated rings. The fraction of sp³-hybridized carbons (Fsp3) is 0.148. The summed E-state index contributed by atoms with van der Waals surface area (Å²) >= 11 is 6.28. The van der Waals surface area contributed by atoms with Crippen molar-refractivity contribution in [2.75, 3.05) is 4.90 Å². The van der Waals surface area contributed by atoms with Crippen LogP contribution in [0.2, 0.25) is 5.02 Å². The number of aryl methyl sites for hydroxylation is 1. The van der Waals surface area contributed by atoms with E-state index in [1.807, 2.05) is 79.7 Å². The predicted molar refractivity (Wildman–Crippen MR) is 133 cm³/mol. The molecular formula is C27H23ClN4O2. The van der Waals surface area contributed by atoms with Crippen molar-refractivity contribution < 1.29 is 9.32 Å². The number of anilines is 1.